The van der Waals surface area contributed by atoms with E-state index in [0.29, 0.717) is 23.7 Å². The number of benzene rings is 1. The third kappa shape index (κ3) is 5.16. The summed E-state index contributed by atoms with van der Waals surface area (Å²) in [6.07, 6.45) is 5.48. The maximum Gasteiger partial charge on any atom is 0.266 e. The smallest absolute Gasteiger partial charge is 0.266 e. The van der Waals surface area contributed by atoms with Gasteiger partial charge in [0.25, 0.3) is 5.91 Å². The summed E-state index contributed by atoms with van der Waals surface area (Å²) in [4.78, 5) is 16.3. The van der Waals surface area contributed by atoms with Gasteiger partial charge in [0.1, 0.15) is 5.75 Å². The van der Waals surface area contributed by atoms with Crippen LogP contribution in [0.2, 0.25) is 0 Å². The molecule has 7 heteroatoms. The van der Waals surface area contributed by atoms with Gasteiger partial charge >= 0.3 is 0 Å². The molecule has 0 unspecified atom stereocenters. The van der Waals surface area contributed by atoms with Crippen molar-refractivity contribution in [2.75, 3.05) is 5.32 Å². The van der Waals surface area contributed by atoms with Crippen LogP contribution in [0.25, 0.3) is 0 Å². The number of amides is 1. The summed E-state index contributed by atoms with van der Waals surface area (Å²) >= 11 is 0. The summed E-state index contributed by atoms with van der Waals surface area (Å²) < 4.78 is 7.38. The molecule has 1 aromatic carbocycles. The zero-order valence-electron chi connectivity index (χ0n) is 14.9. The molecule has 0 aliphatic rings. The number of carbonyl (C=O) groups is 1. The Morgan fingerprint density at radius 3 is 2.67 bits per heavy atom. The summed E-state index contributed by atoms with van der Waals surface area (Å²) in [5.74, 6) is 0.711. The molecule has 0 saturated carbocycles. The molecule has 3 aromatic rings. The van der Waals surface area contributed by atoms with Gasteiger partial charge < -0.3 is 10.1 Å². The van der Waals surface area contributed by atoms with Crippen molar-refractivity contribution in [3.05, 3.63) is 72.2 Å². The molecule has 0 spiro atoms. The summed E-state index contributed by atoms with van der Waals surface area (Å²) in [6, 6.07) is 14.3. The first-order valence-corrected chi connectivity index (χ1v) is 8.54. The summed E-state index contributed by atoms with van der Waals surface area (Å²) in [6.45, 7) is 2.37. The minimum atomic E-state index is -0.695. The maximum absolute atomic E-state index is 12.3. The van der Waals surface area contributed by atoms with E-state index in [1.165, 1.54) is 5.56 Å². The highest BCUT2D eigenvalue weighted by Crippen LogP contribution is 2.14. The molecule has 27 heavy (non-hydrogen) atoms. The van der Waals surface area contributed by atoms with Gasteiger partial charge in [0, 0.05) is 31.2 Å². The highest BCUT2D eigenvalue weighted by Gasteiger charge is 2.16. The highest BCUT2D eigenvalue weighted by atomic mass is 16.5. The third-order valence-corrected chi connectivity index (χ3v) is 3.94. The molecule has 1 amide bonds. The Bertz CT molecular complexity index is 929. The van der Waals surface area contributed by atoms with Crippen molar-refractivity contribution in [2.45, 2.75) is 26.0 Å². The number of pyridine rings is 1. The Kier molecular flexibility index (Phi) is 5.80. The number of nitrogens with one attached hydrogen (secondary N) is 1. The molecule has 3 rings (SSSR count). The van der Waals surface area contributed by atoms with Crippen LogP contribution in [0, 0.1) is 11.3 Å². The van der Waals surface area contributed by atoms with E-state index in [4.69, 9.17) is 10.00 Å². The van der Waals surface area contributed by atoms with Crippen molar-refractivity contribution in [2.24, 2.45) is 0 Å². The van der Waals surface area contributed by atoms with Crippen molar-refractivity contribution in [3.8, 4) is 11.8 Å². The van der Waals surface area contributed by atoms with E-state index in [-0.39, 0.29) is 5.91 Å². The summed E-state index contributed by atoms with van der Waals surface area (Å²) in [5.41, 5.74) is 1.72. The van der Waals surface area contributed by atoms with Crippen LogP contribution in [0.5, 0.6) is 5.75 Å². The number of nitriles is 1. The molecule has 2 aromatic heterocycles. The first kappa shape index (κ1) is 18.1. The van der Waals surface area contributed by atoms with Gasteiger partial charge in [-0.05, 0) is 55.3 Å². The first-order valence-electron chi connectivity index (χ1n) is 8.54. The van der Waals surface area contributed by atoms with Crippen molar-refractivity contribution in [1.82, 2.24) is 14.8 Å². The zero-order valence-corrected chi connectivity index (χ0v) is 14.9. The van der Waals surface area contributed by atoms with Gasteiger partial charge in [0.05, 0.1) is 11.6 Å². The third-order valence-electron chi connectivity index (χ3n) is 3.94. The second-order valence-corrected chi connectivity index (χ2v) is 5.96. The minimum absolute atomic E-state index is 0.293. The molecule has 7 nitrogen and oxygen atoms in total. The molecule has 2 heterocycles. The van der Waals surface area contributed by atoms with Crippen LogP contribution in [-0.4, -0.2) is 26.8 Å². The number of nitrogens with zero attached hydrogens (tertiary/aromatic N) is 4. The SMILES string of the molecule is C[C@@H](Oc1ccc(C#N)cc1)C(=O)Nc1ccn(CCc2ccncc2)n1. The average molecular weight is 361 g/mol. The zero-order chi connectivity index (χ0) is 19.1. The second kappa shape index (κ2) is 8.63. The second-order valence-electron chi connectivity index (χ2n) is 5.96. The standard InChI is InChI=1S/C20H19N5O2/c1-15(27-18-4-2-17(14-21)3-5-18)20(26)23-19-9-13-25(24-19)12-8-16-6-10-22-11-7-16/h2-7,9-11,13,15H,8,12H2,1H3,(H,23,24,26)/t15-/m1/s1. The minimum Gasteiger partial charge on any atom is -0.481 e. The van der Waals surface area contributed by atoms with E-state index in [1.807, 2.05) is 24.4 Å². The molecule has 1 atom stereocenters. The van der Waals surface area contributed by atoms with Gasteiger partial charge in [-0.3, -0.25) is 14.5 Å². The van der Waals surface area contributed by atoms with E-state index < -0.39 is 6.10 Å². The number of carbonyl (C=O) groups excluding carboxylic acids is 1. The molecular formula is C20H19N5O2. The normalized spacial score (nSPS) is 11.4. The van der Waals surface area contributed by atoms with Crippen molar-refractivity contribution >= 4 is 11.7 Å². The number of ether oxygens (including phenoxy) is 1. The fourth-order valence-corrected chi connectivity index (χ4v) is 2.44. The molecule has 0 radical (unpaired) electrons. The predicted octanol–water partition coefficient (Wildman–Crippen LogP) is 2.80. The van der Waals surface area contributed by atoms with Gasteiger partial charge in [0.2, 0.25) is 0 Å². The van der Waals surface area contributed by atoms with E-state index >= 15 is 0 Å². The van der Waals surface area contributed by atoms with Gasteiger partial charge in [0.15, 0.2) is 11.9 Å². The molecule has 0 aliphatic heterocycles. The highest BCUT2D eigenvalue weighted by molar-refractivity contribution is 5.93. The van der Waals surface area contributed by atoms with Crippen molar-refractivity contribution in [3.63, 3.8) is 0 Å². The van der Waals surface area contributed by atoms with Crippen molar-refractivity contribution < 1.29 is 9.53 Å². The maximum atomic E-state index is 12.3. The molecule has 1 N–H and O–H groups in total. The van der Waals surface area contributed by atoms with Gasteiger partial charge in [-0.25, -0.2) is 0 Å². The molecule has 0 saturated heterocycles. The quantitative estimate of drug-likeness (QED) is 0.698. The van der Waals surface area contributed by atoms with Crippen molar-refractivity contribution in [1.29, 1.82) is 5.26 Å². The van der Waals surface area contributed by atoms with Crippen LogP contribution in [0.3, 0.4) is 0 Å². The van der Waals surface area contributed by atoms with E-state index in [0.717, 1.165) is 6.42 Å². The number of aryl methyl sites for hydroxylation is 2. The number of rotatable bonds is 7. The lowest BCUT2D eigenvalue weighted by molar-refractivity contribution is -0.122. The number of anilines is 1. The monoisotopic (exact) mass is 361 g/mol. The largest absolute Gasteiger partial charge is 0.481 e. The van der Waals surface area contributed by atoms with E-state index in [1.54, 1.807) is 54.3 Å². The molecule has 0 bridgehead atoms. The summed E-state index contributed by atoms with van der Waals surface area (Å²) in [7, 11) is 0. The number of hydrogen-bond donors (Lipinski definition) is 1. The predicted molar refractivity (Wildman–Crippen MR) is 100 cm³/mol. The van der Waals surface area contributed by atoms with Gasteiger partial charge in [-0.2, -0.15) is 10.4 Å². The topological polar surface area (TPSA) is 92.8 Å². The fraction of sp³-hybridized carbons (Fsp3) is 0.200. The Hall–Kier alpha value is -3.66. The number of aromatic nitrogens is 3. The molecule has 136 valence electrons. The van der Waals surface area contributed by atoms with Crippen LogP contribution in [0.4, 0.5) is 5.82 Å². The first-order chi connectivity index (χ1) is 13.1. The van der Waals surface area contributed by atoms with Crippen LogP contribution in [0.1, 0.15) is 18.1 Å². The Labute approximate surface area is 157 Å². The Morgan fingerprint density at radius 2 is 1.96 bits per heavy atom. The molecular weight excluding hydrogens is 342 g/mol. The number of hydrogen-bond acceptors (Lipinski definition) is 5. The average Bonchev–Trinajstić information content (AvgIpc) is 3.15. The van der Waals surface area contributed by atoms with E-state index in [9.17, 15) is 4.79 Å². The van der Waals surface area contributed by atoms with Crippen LogP contribution < -0.4 is 10.1 Å². The van der Waals surface area contributed by atoms with Crippen LogP contribution in [0.15, 0.2) is 61.1 Å². The van der Waals surface area contributed by atoms with Gasteiger partial charge in [-0.1, -0.05) is 0 Å². The molecule has 0 fully saturated rings. The lowest BCUT2D eigenvalue weighted by atomic mass is 10.2. The lowest BCUT2D eigenvalue weighted by Gasteiger charge is -2.13. The Morgan fingerprint density at radius 1 is 1.22 bits per heavy atom. The van der Waals surface area contributed by atoms with E-state index in [2.05, 4.69) is 15.4 Å². The van der Waals surface area contributed by atoms with Gasteiger partial charge in [-0.15, -0.1) is 0 Å². The summed E-state index contributed by atoms with van der Waals surface area (Å²) in [5, 5.41) is 15.9. The Balaban J connectivity index is 1.51. The van der Waals surface area contributed by atoms with Crippen LogP contribution >= 0.6 is 0 Å². The fourth-order valence-electron chi connectivity index (χ4n) is 2.44. The molecule has 0 aliphatic carbocycles. The van der Waals surface area contributed by atoms with Crippen LogP contribution in [-0.2, 0) is 17.8 Å². The lowest BCUT2D eigenvalue weighted by Crippen LogP contribution is -2.30.